The van der Waals surface area contributed by atoms with Crippen molar-refractivity contribution < 1.29 is 8.42 Å². The van der Waals surface area contributed by atoms with Crippen molar-refractivity contribution in [1.82, 2.24) is 4.31 Å². The highest BCUT2D eigenvalue weighted by atomic mass is 32.2. The number of aryl methyl sites for hydroxylation is 1. The minimum absolute atomic E-state index is 0.0497. The van der Waals surface area contributed by atoms with Crippen molar-refractivity contribution in [2.24, 2.45) is 11.7 Å². The molecule has 0 aromatic heterocycles. The Morgan fingerprint density at radius 2 is 1.90 bits per heavy atom. The number of hydrogen-bond acceptors (Lipinski definition) is 3. The molecule has 1 aliphatic rings. The molecule has 1 saturated heterocycles. The quantitative estimate of drug-likeness (QED) is 0.924. The van der Waals surface area contributed by atoms with E-state index in [1.807, 2.05) is 19.1 Å². The fraction of sp³-hybridized carbons (Fsp3) is 0.600. The summed E-state index contributed by atoms with van der Waals surface area (Å²) in [5.41, 5.74) is 6.86. The maximum atomic E-state index is 12.7. The number of sulfonamides is 1. The summed E-state index contributed by atoms with van der Waals surface area (Å²) in [5.74, 6) is 0.274. The van der Waals surface area contributed by atoms with Gasteiger partial charge in [-0.1, -0.05) is 19.1 Å². The lowest BCUT2D eigenvalue weighted by molar-refractivity contribution is 0.211. The predicted octanol–water partition coefficient (Wildman–Crippen LogP) is 2.00. The van der Waals surface area contributed by atoms with Crippen LogP contribution in [0.5, 0.6) is 0 Å². The van der Waals surface area contributed by atoms with Crippen LogP contribution in [0.15, 0.2) is 29.2 Å². The van der Waals surface area contributed by atoms with Crippen LogP contribution in [0.1, 0.15) is 32.3 Å². The second-order valence-corrected chi connectivity index (χ2v) is 7.49. The van der Waals surface area contributed by atoms with E-state index in [0.717, 1.165) is 24.8 Å². The highest BCUT2D eigenvalue weighted by molar-refractivity contribution is 7.89. The number of nitrogens with two attached hydrogens (primary N) is 1. The Labute approximate surface area is 122 Å². The molecule has 0 amide bonds. The van der Waals surface area contributed by atoms with Crippen molar-refractivity contribution in [3.8, 4) is 0 Å². The fourth-order valence-electron chi connectivity index (χ4n) is 2.71. The summed E-state index contributed by atoms with van der Waals surface area (Å²) in [6.45, 7) is 5.12. The molecule has 20 heavy (non-hydrogen) atoms. The maximum absolute atomic E-state index is 12.7. The van der Waals surface area contributed by atoms with Gasteiger partial charge >= 0.3 is 0 Å². The first kappa shape index (κ1) is 15.5. The molecule has 0 spiro atoms. The van der Waals surface area contributed by atoms with Crippen molar-refractivity contribution in [3.05, 3.63) is 29.8 Å². The van der Waals surface area contributed by atoms with Crippen molar-refractivity contribution >= 4 is 10.0 Å². The van der Waals surface area contributed by atoms with Crippen LogP contribution in [0.4, 0.5) is 0 Å². The molecule has 5 heteroatoms. The van der Waals surface area contributed by atoms with Crippen LogP contribution in [-0.4, -0.2) is 31.9 Å². The van der Waals surface area contributed by atoms with Crippen LogP contribution in [0, 0.1) is 5.92 Å². The Bertz CT molecular complexity index is 539. The second kappa shape index (κ2) is 6.24. The number of piperidine rings is 1. The molecule has 2 rings (SSSR count). The third-order valence-corrected chi connectivity index (χ3v) is 6.19. The molecule has 4 nitrogen and oxygen atoms in total. The Kier molecular flexibility index (Phi) is 4.83. The molecule has 1 aliphatic heterocycles. The van der Waals surface area contributed by atoms with Crippen LogP contribution in [-0.2, 0) is 16.4 Å². The van der Waals surface area contributed by atoms with E-state index < -0.39 is 10.0 Å². The second-order valence-electron chi connectivity index (χ2n) is 5.60. The molecular formula is C15H24N2O2S. The molecule has 112 valence electrons. The van der Waals surface area contributed by atoms with Crippen LogP contribution in [0.2, 0.25) is 0 Å². The van der Waals surface area contributed by atoms with Gasteiger partial charge < -0.3 is 5.73 Å². The fourth-order valence-corrected chi connectivity index (χ4v) is 4.44. The summed E-state index contributed by atoms with van der Waals surface area (Å²) in [7, 11) is -3.40. The average Bonchev–Trinajstić information content (AvgIpc) is 2.47. The normalized spacial score (nSPS) is 24.8. The minimum atomic E-state index is -3.40. The molecule has 1 aromatic rings. The van der Waals surface area contributed by atoms with Gasteiger partial charge in [-0.2, -0.15) is 4.31 Å². The molecule has 0 radical (unpaired) electrons. The summed E-state index contributed by atoms with van der Waals surface area (Å²) >= 11 is 0. The largest absolute Gasteiger partial charge is 0.330 e. The lowest BCUT2D eigenvalue weighted by Gasteiger charge is -2.36. The first-order valence-electron chi connectivity index (χ1n) is 7.30. The van der Waals surface area contributed by atoms with Crippen molar-refractivity contribution in [3.63, 3.8) is 0 Å². The number of nitrogens with zero attached hydrogens (tertiary/aromatic N) is 1. The summed E-state index contributed by atoms with van der Waals surface area (Å²) in [6.07, 6.45) is 2.81. The van der Waals surface area contributed by atoms with Crippen LogP contribution in [0.3, 0.4) is 0 Å². The van der Waals surface area contributed by atoms with Crippen molar-refractivity contribution in [2.45, 2.75) is 44.0 Å². The third kappa shape index (κ3) is 3.05. The molecule has 2 atom stereocenters. The summed E-state index contributed by atoms with van der Waals surface area (Å²) < 4.78 is 27.1. The Morgan fingerprint density at radius 3 is 2.45 bits per heavy atom. The monoisotopic (exact) mass is 296 g/mol. The predicted molar refractivity (Wildman–Crippen MR) is 81.0 cm³/mol. The number of rotatable bonds is 4. The lowest BCUT2D eigenvalue weighted by Crippen LogP contribution is -2.46. The SMILES string of the molecule is CCc1ccc(S(=O)(=O)N2CC(CN)CCC2C)cc1. The first-order chi connectivity index (χ1) is 9.48. The van der Waals surface area contributed by atoms with Crippen molar-refractivity contribution in [2.75, 3.05) is 13.1 Å². The highest BCUT2D eigenvalue weighted by Crippen LogP contribution is 2.27. The molecular weight excluding hydrogens is 272 g/mol. The number of hydrogen-bond donors (Lipinski definition) is 1. The summed E-state index contributed by atoms with van der Waals surface area (Å²) in [6, 6.07) is 7.26. The highest BCUT2D eigenvalue weighted by Gasteiger charge is 2.34. The first-order valence-corrected chi connectivity index (χ1v) is 8.74. The topological polar surface area (TPSA) is 63.4 Å². The smallest absolute Gasteiger partial charge is 0.243 e. The summed E-state index contributed by atoms with van der Waals surface area (Å²) in [4.78, 5) is 0.388. The van der Waals surface area contributed by atoms with Gasteiger partial charge in [0.1, 0.15) is 0 Å². The Morgan fingerprint density at radius 1 is 1.25 bits per heavy atom. The van der Waals surface area contributed by atoms with Gasteiger partial charge in [0.15, 0.2) is 0 Å². The van der Waals surface area contributed by atoms with Crippen LogP contribution >= 0.6 is 0 Å². The van der Waals surface area contributed by atoms with Gasteiger partial charge in [-0.15, -0.1) is 0 Å². The van der Waals surface area contributed by atoms with Gasteiger partial charge in [0.2, 0.25) is 10.0 Å². The maximum Gasteiger partial charge on any atom is 0.243 e. The Hall–Kier alpha value is -0.910. The van der Waals surface area contributed by atoms with Crippen molar-refractivity contribution in [1.29, 1.82) is 0 Å². The molecule has 1 fully saturated rings. The van der Waals surface area contributed by atoms with E-state index in [9.17, 15) is 8.42 Å². The van der Waals surface area contributed by atoms with Gasteiger partial charge in [0.25, 0.3) is 0 Å². The van der Waals surface area contributed by atoms with Crippen LogP contribution < -0.4 is 5.73 Å². The van der Waals surface area contributed by atoms with E-state index in [4.69, 9.17) is 5.73 Å². The van der Waals surface area contributed by atoms with E-state index in [0.29, 0.717) is 18.0 Å². The number of benzene rings is 1. The molecule has 1 heterocycles. The molecule has 1 aromatic carbocycles. The zero-order chi connectivity index (χ0) is 14.8. The van der Waals surface area contributed by atoms with E-state index in [2.05, 4.69) is 6.92 Å². The van der Waals surface area contributed by atoms with E-state index >= 15 is 0 Å². The minimum Gasteiger partial charge on any atom is -0.330 e. The molecule has 0 bridgehead atoms. The standard InChI is InChI=1S/C15H24N2O2S/c1-3-13-6-8-15(9-7-13)20(18,19)17-11-14(10-16)5-4-12(17)2/h6-9,12,14H,3-5,10-11,16H2,1-2H3. The van der Waals surface area contributed by atoms with Crippen LogP contribution in [0.25, 0.3) is 0 Å². The van der Waals surface area contributed by atoms with Gasteiger partial charge in [-0.25, -0.2) is 8.42 Å². The zero-order valence-corrected chi connectivity index (χ0v) is 13.1. The van der Waals surface area contributed by atoms with Gasteiger partial charge in [-0.05, 0) is 56.3 Å². The Balaban J connectivity index is 2.27. The van der Waals surface area contributed by atoms with Gasteiger partial charge in [0.05, 0.1) is 4.90 Å². The molecule has 0 saturated carbocycles. The molecule has 0 aliphatic carbocycles. The summed E-state index contributed by atoms with van der Waals surface area (Å²) in [5, 5.41) is 0. The van der Waals surface area contributed by atoms with E-state index in [1.165, 1.54) is 0 Å². The van der Waals surface area contributed by atoms with E-state index in [1.54, 1.807) is 16.4 Å². The average molecular weight is 296 g/mol. The molecule has 2 unspecified atom stereocenters. The van der Waals surface area contributed by atoms with Gasteiger partial charge in [0, 0.05) is 12.6 Å². The third-order valence-electron chi connectivity index (χ3n) is 4.19. The van der Waals surface area contributed by atoms with E-state index in [-0.39, 0.29) is 12.0 Å². The lowest BCUT2D eigenvalue weighted by atomic mass is 9.96. The molecule has 2 N–H and O–H groups in total. The zero-order valence-electron chi connectivity index (χ0n) is 12.2. The van der Waals surface area contributed by atoms with Gasteiger partial charge in [-0.3, -0.25) is 0 Å².